The van der Waals surface area contributed by atoms with Crippen molar-refractivity contribution in [2.45, 2.75) is 20.4 Å². The van der Waals surface area contributed by atoms with Gasteiger partial charge in [0.15, 0.2) is 0 Å². The fraction of sp³-hybridized carbons (Fsp3) is 0.238. The number of likely N-dealkylation sites (N-methyl/N-ethyl adjacent to an activating group) is 1. The predicted molar refractivity (Wildman–Crippen MR) is 106 cm³/mol. The molecular weight excluding hydrogens is 367 g/mol. The molecule has 2 aromatic carbocycles. The number of benzene rings is 2. The number of aryl methyl sites for hydroxylation is 1. The van der Waals surface area contributed by atoms with Crippen LogP contribution < -0.4 is 5.32 Å². The van der Waals surface area contributed by atoms with Gasteiger partial charge in [0.25, 0.3) is 0 Å². The van der Waals surface area contributed by atoms with Gasteiger partial charge in [-0.25, -0.2) is 4.39 Å². The van der Waals surface area contributed by atoms with Crippen molar-refractivity contribution in [2.24, 2.45) is 0 Å². The molecule has 2 amide bonds. The van der Waals surface area contributed by atoms with Gasteiger partial charge in [0.2, 0.25) is 11.8 Å². The van der Waals surface area contributed by atoms with E-state index in [4.69, 9.17) is 11.6 Å². The Labute approximate surface area is 163 Å². The van der Waals surface area contributed by atoms with Crippen LogP contribution in [-0.2, 0) is 16.1 Å². The van der Waals surface area contributed by atoms with Gasteiger partial charge >= 0.3 is 0 Å². The zero-order valence-electron chi connectivity index (χ0n) is 15.3. The van der Waals surface area contributed by atoms with Crippen LogP contribution in [0.2, 0.25) is 5.02 Å². The second-order valence-corrected chi connectivity index (χ2v) is 6.50. The van der Waals surface area contributed by atoms with Crippen LogP contribution in [-0.4, -0.2) is 29.8 Å². The molecule has 0 aliphatic carbocycles. The lowest BCUT2D eigenvalue weighted by atomic mass is 10.1. The van der Waals surface area contributed by atoms with Gasteiger partial charge in [-0.1, -0.05) is 35.9 Å². The van der Waals surface area contributed by atoms with Gasteiger partial charge in [0.1, 0.15) is 5.82 Å². The van der Waals surface area contributed by atoms with Gasteiger partial charge in [-0.05, 0) is 54.8 Å². The molecular formula is C21H22ClFN2O2. The van der Waals surface area contributed by atoms with E-state index in [1.807, 2.05) is 26.0 Å². The van der Waals surface area contributed by atoms with E-state index in [2.05, 4.69) is 5.32 Å². The summed E-state index contributed by atoms with van der Waals surface area (Å²) in [6.07, 6.45) is 3.10. The Hall–Kier alpha value is -2.66. The quantitative estimate of drug-likeness (QED) is 0.730. The number of rotatable bonds is 7. The van der Waals surface area contributed by atoms with Crippen LogP contribution in [0.3, 0.4) is 0 Å². The van der Waals surface area contributed by atoms with Crippen molar-refractivity contribution in [2.75, 3.05) is 13.1 Å². The molecule has 0 aliphatic rings. The molecule has 0 bridgehead atoms. The molecule has 6 heteroatoms. The number of amides is 2. The first-order valence-corrected chi connectivity index (χ1v) is 9.01. The summed E-state index contributed by atoms with van der Waals surface area (Å²) in [7, 11) is 0. The molecule has 1 N–H and O–H groups in total. The lowest BCUT2D eigenvalue weighted by Crippen LogP contribution is -2.39. The predicted octanol–water partition coefficient (Wildman–Crippen LogP) is 3.97. The Morgan fingerprint density at radius 1 is 1.19 bits per heavy atom. The molecule has 27 heavy (non-hydrogen) atoms. The minimum Gasteiger partial charge on any atom is -0.350 e. The van der Waals surface area contributed by atoms with Gasteiger partial charge < -0.3 is 10.2 Å². The summed E-state index contributed by atoms with van der Waals surface area (Å²) in [4.78, 5) is 25.9. The number of halogens is 2. The molecule has 0 aromatic heterocycles. The van der Waals surface area contributed by atoms with Crippen molar-refractivity contribution >= 4 is 29.5 Å². The monoisotopic (exact) mass is 388 g/mol. The van der Waals surface area contributed by atoms with E-state index in [0.29, 0.717) is 11.6 Å². The molecule has 2 rings (SSSR count). The standard InChI is InChI=1S/C21H22ClFN2O2/c1-3-25(14-20(26)24-13-17-6-9-18(23)10-7-17)21(27)11-8-16-5-4-15(2)19(22)12-16/h4-12H,3,13-14H2,1-2H3,(H,24,26). The average Bonchev–Trinajstić information content (AvgIpc) is 2.66. The average molecular weight is 389 g/mol. The molecule has 0 aliphatic heterocycles. The summed E-state index contributed by atoms with van der Waals surface area (Å²) in [6.45, 7) is 4.35. The van der Waals surface area contributed by atoms with Crippen LogP contribution in [0.5, 0.6) is 0 Å². The van der Waals surface area contributed by atoms with Gasteiger partial charge in [-0.3, -0.25) is 9.59 Å². The van der Waals surface area contributed by atoms with Gasteiger partial charge in [0.05, 0.1) is 6.54 Å². The maximum Gasteiger partial charge on any atom is 0.247 e. The first-order valence-electron chi connectivity index (χ1n) is 8.63. The lowest BCUT2D eigenvalue weighted by Gasteiger charge is -2.18. The van der Waals surface area contributed by atoms with E-state index in [1.54, 1.807) is 24.3 Å². The van der Waals surface area contributed by atoms with Crippen molar-refractivity contribution < 1.29 is 14.0 Å². The van der Waals surface area contributed by atoms with Crippen molar-refractivity contribution in [3.63, 3.8) is 0 Å². The highest BCUT2D eigenvalue weighted by molar-refractivity contribution is 6.31. The Bertz CT molecular complexity index is 835. The van der Waals surface area contributed by atoms with Crippen molar-refractivity contribution in [1.82, 2.24) is 10.2 Å². The summed E-state index contributed by atoms with van der Waals surface area (Å²) < 4.78 is 12.9. The first-order chi connectivity index (χ1) is 12.9. The van der Waals surface area contributed by atoms with Crippen molar-refractivity contribution in [3.8, 4) is 0 Å². The minimum atomic E-state index is -0.325. The van der Waals surface area contributed by atoms with E-state index in [1.165, 1.54) is 23.1 Å². The second-order valence-electron chi connectivity index (χ2n) is 6.10. The number of hydrogen-bond donors (Lipinski definition) is 1. The molecule has 0 fully saturated rings. The Balaban J connectivity index is 1.89. The number of nitrogens with one attached hydrogen (secondary N) is 1. The fourth-order valence-electron chi connectivity index (χ4n) is 2.36. The topological polar surface area (TPSA) is 49.4 Å². The Morgan fingerprint density at radius 3 is 2.52 bits per heavy atom. The van der Waals surface area contributed by atoms with E-state index in [0.717, 1.165) is 16.7 Å². The van der Waals surface area contributed by atoms with Crippen LogP contribution in [0.15, 0.2) is 48.5 Å². The molecule has 0 radical (unpaired) electrons. The molecule has 142 valence electrons. The first kappa shape index (κ1) is 20.6. The van der Waals surface area contributed by atoms with Crippen LogP contribution in [0.4, 0.5) is 4.39 Å². The second kappa shape index (κ2) is 9.88. The van der Waals surface area contributed by atoms with Crippen molar-refractivity contribution in [1.29, 1.82) is 0 Å². The van der Waals surface area contributed by atoms with Crippen LogP contribution in [0.1, 0.15) is 23.6 Å². The SMILES string of the molecule is CCN(CC(=O)NCc1ccc(F)cc1)C(=O)C=Cc1ccc(C)c(Cl)c1. The fourth-order valence-corrected chi connectivity index (χ4v) is 2.55. The summed E-state index contributed by atoms with van der Waals surface area (Å²) in [5.74, 6) is -0.859. The van der Waals surface area contributed by atoms with Gasteiger partial charge in [-0.15, -0.1) is 0 Å². The molecule has 0 spiro atoms. The normalized spacial score (nSPS) is 10.8. The summed E-state index contributed by atoms with van der Waals surface area (Å²) >= 11 is 6.08. The Kier molecular flexibility index (Phi) is 7.55. The Morgan fingerprint density at radius 2 is 1.89 bits per heavy atom. The molecule has 0 saturated carbocycles. The number of nitrogens with zero attached hydrogens (tertiary/aromatic N) is 1. The smallest absolute Gasteiger partial charge is 0.247 e. The summed E-state index contributed by atoms with van der Waals surface area (Å²) in [5, 5.41) is 3.36. The third kappa shape index (κ3) is 6.53. The maximum atomic E-state index is 12.9. The van der Waals surface area contributed by atoms with Gasteiger partial charge in [0, 0.05) is 24.2 Å². The lowest BCUT2D eigenvalue weighted by molar-refractivity contribution is -0.132. The zero-order chi connectivity index (χ0) is 19.8. The largest absolute Gasteiger partial charge is 0.350 e. The number of carbonyl (C=O) groups excluding carboxylic acids is 2. The highest BCUT2D eigenvalue weighted by Gasteiger charge is 2.13. The zero-order valence-corrected chi connectivity index (χ0v) is 16.1. The van der Waals surface area contributed by atoms with Crippen molar-refractivity contribution in [3.05, 3.63) is 76.1 Å². The van der Waals surface area contributed by atoms with Gasteiger partial charge in [-0.2, -0.15) is 0 Å². The molecule has 0 unspecified atom stereocenters. The minimum absolute atomic E-state index is 0.0461. The van der Waals surface area contributed by atoms with E-state index >= 15 is 0 Å². The third-order valence-electron chi connectivity index (χ3n) is 4.05. The summed E-state index contributed by atoms with van der Waals surface area (Å²) in [6, 6.07) is 11.4. The highest BCUT2D eigenvalue weighted by Crippen LogP contribution is 2.17. The van der Waals surface area contributed by atoms with E-state index < -0.39 is 0 Å². The summed E-state index contributed by atoms with van der Waals surface area (Å²) in [5.41, 5.74) is 2.57. The number of hydrogen-bond acceptors (Lipinski definition) is 2. The number of carbonyl (C=O) groups is 2. The van der Waals surface area contributed by atoms with Crippen LogP contribution >= 0.6 is 11.6 Å². The van der Waals surface area contributed by atoms with E-state index in [9.17, 15) is 14.0 Å². The highest BCUT2D eigenvalue weighted by atomic mass is 35.5. The maximum absolute atomic E-state index is 12.9. The molecule has 0 atom stereocenters. The molecule has 0 saturated heterocycles. The third-order valence-corrected chi connectivity index (χ3v) is 4.45. The molecule has 0 heterocycles. The molecule has 2 aromatic rings. The van der Waals surface area contributed by atoms with Crippen LogP contribution in [0, 0.1) is 12.7 Å². The van der Waals surface area contributed by atoms with Crippen LogP contribution in [0.25, 0.3) is 6.08 Å². The molecule has 4 nitrogen and oxygen atoms in total. The van der Waals surface area contributed by atoms with E-state index in [-0.39, 0.29) is 30.7 Å².